The van der Waals surface area contributed by atoms with E-state index in [2.05, 4.69) is 0 Å². The van der Waals surface area contributed by atoms with E-state index in [1.807, 2.05) is 0 Å². The highest BCUT2D eigenvalue weighted by molar-refractivity contribution is 5.87. The number of nitrogens with zero attached hydrogens (tertiary/aromatic N) is 1. The Balaban J connectivity index is 0.000000411. The average molecular weight is 259 g/mol. The number of aliphatic hydroxyl groups excluding tert-OH is 3. The lowest BCUT2D eigenvalue weighted by molar-refractivity contribution is -0.384. The monoisotopic (exact) mass is 259 g/mol. The van der Waals surface area contributed by atoms with Crippen LogP contribution in [0.25, 0.3) is 0 Å². The van der Waals surface area contributed by atoms with E-state index in [9.17, 15) is 14.9 Å². The Morgan fingerprint density at radius 2 is 1.67 bits per heavy atom. The third kappa shape index (κ3) is 5.89. The Hall–Kier alpha value is -2.03. The summed E-state index contributed by atoms with van der Waals surface area (Å²) in [4.78, 5) is 19.9. The molecule has 0 aliphatic heterocycles. The van der Waals surface area contributed by atoms with Crippen LogP contribution in [0.4, 0.5) is 5.69 Å². The topological polar surface area (TPSA) is 141 Å². The summed E-state index contributed by atoms with van der Waals surface area (Å²) in [6, 6.07) is 4.70. The Labute approximate surface area is 102 Å². The van der Waals surface area contributed by atoms with Crippen molar-refractivity contribution in [2.75, 3.05) is 13.2 Å². The van der Waals surface area contributed by atoms with E-state index in [-0.39, 0.29) is 24.5 Å². The zero-order valence-electron chi connectivity index (χ0n) is 9.26. The minimum Gasteiger partial charge on any atom is -0.478 e. The van der Waals surface area contributed by atoms with Crippen LogP contribution in [-0.4, -0.2) is 50.6 Å². The molecule has 0 bridgehead atoms. The number of carboxylic acid groups (broad SMARTS) is 1. The number of aliphatic hydroxyl groups is 3. The Kier molecular flexibility index (Phi) is 7.20. The minimum atomic E-state index is -1.09. The summed E-state index contributed by atoms with van der Waals surface area (Å²) in [5.41, 5.74) is -0.0689. The van der Waals surface area contributed by atoms with Crippen LogP contribution in [0.3, 0.4) is 0 Å². The molecule has 100 valence electrons. The molecule has 1 aromatic rings. The lowest BCUT2D eigenvalue weighted by Gasteiger charge is -1.96. The quantitative estimate of drug-likeness (QED) is 0.426. The molecule has 1 rings (SSSR count). The van der Waals surface area contributed by atoms with Gasteiger partial charge >= 0.3 is 5.97 Å². The van der Waals surface area contributed by atoms with Gasteiger partial charge in [0, 0.05) is 12.1 Å². The fraction of sp³-hybridized carbons (Fsp3) is 0.300. The first-order valence-corrected chi connectivity index (χ1v) is 4.80. The number of rotatable bonds is 4. The molecule has 0 atom stereocenters. The summed E-state index contributed by atoms with van der Waals surface area (Å²) in [7, 11) is 0. The fourth-order valence-corrected chi connectivity index (χ4v) is 0.783. The number of aromatic carboxylic acids is 1. The minimum absolute atomic E-state index is 0.0422. The number of benzene rings is 1. The molecule has 0 radical (unpaired) electrons. The largest absolute Gasteiger partial charge is 0.478 e. The summed E-state index contributed by atoms with van der Waals surface area (Å²) < 4.78 is 0. The summed E-state index contributed by atoms with van der Waals surface area (Å²) in [5.74, 6) is -1.09. The number of carboxylic acids is 1. The Morgan fingerprint density at radius 3 is 1.89 bits per heavy atom. The highest BCUT2D eigenvalue weighted by atomic mass is 16.6. The molecule has 0 amide bonds. The van der Waals surface area contributed by atoms with Crippen molar-refractivity contribution in [3.63, 3.8) is 0 Å². The van der Waals surface area contributed by atoms with Crippen LogP contribution in [0.2, 0.25) is 0 Å². The maximum absolute atomic E-state index is 10.3. The molecule has 0 aromatic heterocycles. The zero-order chi connectivity index (χ0) is 14.1. The van der Waals surface area contributed by atoms with Crippen LogP contribution in [0.15, 0.2) is 24.3 Å². The van der Waals surface area contributed by atoms with Gasteiger partial charge in [-0.15, -0.1) is 0 Å². The molecule has 4 N–H and O–H groups in total. The number of nitro groups is 1. The molecule has 0 spiro atoms. The van der Waals surface area contributed by atoms with Crippen molar-refractivity contribution in [3.8, 4) is 0 Å². The highest BCUT2D eigenvalue weighted by Gasteiger charge is 2.06. The molecule has 18 heavy (non-hydrogen) atoms. The summed E-state index contributed by atoms with van der Waals surface area (Å²) in [6.45, 7) is -0.729. The molecule has 0 aliphatic rings. The maximum atomic E-state index is 10.3. The second-order valence-corrected chi connectivity index (χ2v) is 3.13. The van der Waals surface area contributed by atoms with E-state index in [1.54, 1.807) is 0 Å². The number of nitro benzene ring substituents is 1. The molecule has 8 nitrogen and oxygen atoms in total. The molecule has 0 aliphatic carbocycles. The van der Waals surface area contributed by atoms with Gasteiger partial charge in [0.2, 0.25) is 0 Å². The lowest BCUT2D eigenvalue weighted by Crippen LogP contribution is -2.15. The highest BCUT2D eigenvalue weighted by Crippen LogP contribution is 2.11. The standard InChI is InChI=1S/C7H5NO4.C3H8O3/c9-7(10)5-1-3-6(4-2-5)8(11)12;4-1-3(6)2-5/h1-4H,(H,9,10);3-6H,1-2H2. The maximum Gasteiger partial charge on any atom is 0.335 e. The van der Waals surface area contributed by atoms with Gasteiger partial charge in [-0.3, -0.25) is 10.1 Å². The average Bonchev–Trinajstić information content (AvgIpc) is 2.38. The van der Waals surface area contributed by atoms with Gasteiger partial charge in [0.15, 0.2) is 0 Å². The summed E-state index contributed by atoms with van der Waals surface area (Å²) in [6.07, 6.45) is -0.954. The third-order valence-electron chi connectivity index (χ3n) is 1.75. The van der Waals surface area contributed by atoms with Gasteiger partial charge in [-0.25, -0.2) is 4.79 Å². The number of carbonyl (C=O) groups is 1. The molecule has 0 fully saturated rings. The van der Waals surface area contributed by atoms with Crippen LogP contribution in [0.5, 0.6) is 0 Å². The fourth-order valence-electron chi connectivity index (χ4n) is 0.783. The van der Waals surface area contributed by atoms with Gasteiger partial charge in [-0.05, 0) is 12.1 Å². The first kappa shape index (κ1) is 16.0. The Bertz CT molecular complexity index is 353. The van der Waals surface area contributed by atoms with Gasteiger partial charge in [0.1, 0.15) is 6.10 Å². The molecule has 8 heteroatoms. The van der Waals surface area contributed by atoms with E-state index in [4.69, 9.17) is 20.4 Å². The van der Waals surface area contributed by atoms with E-state index in [0.717, 1.165) is 12.1 Å². The van der Waals surface area contributed by atoms with E-state index in [0.29, 0.717) is 0 Å². The second-order valence-electron chi connectivity index (χ2n) is 3.13. The van der Waals surface area contributed by atoms with Crippen molar-refractivity contribution in [2.45, 2.75) is 6.10 Å². The lowest BCUT2D eigenvalue weighted by atomic mass is 10.2. The van der Waals surface area contributed by atoms with Crippen LogP contribution in [0, 0.1) is 10.1 Å². The number of hydrogen-bond acceptors (Lipinski definition) is 6. The Morgan fingerprint density at radius 1 is 1.22 bits per heavy atom. The third-order valence-corrected chi connectivity index (χ3v) is 1.75. The molecular weight excluding hydrogens is 246 g/mol. The SMILES string of the molecule is O=C(O)c1ccc([N+](=O)[O-])cc1.OCC(O)CO. The molecule has 0 unspecified atom stereocenters. The van der Waals surface area contributed by atoms with Crippen LogP contribution in [-0.2, 0) is 0 Å². The molecule has 1 aromatic carbocycles. The van der Waals surface area contributed by atoms with E-state index in [1.165, 1.54) is 12.1 Å². The predicted octanol–water partition coefficient (Wildman–Crippen LogP) is -0.375. The second kappa shape index (κ2) is 8.12. The number of hydrogen-bond donors (Lipinski definition) is 4. The molecule has 0 heterocycles. The van der Waals surface area contributed by atoms with Gasteiger partial charge in [-0.2, -0.15) is 0 Å². The van der Waals surface area contributed by atoms with Gasteiger partial charge in [0.25, 0.3) is 5.69 Å². The normalized spacial score (nSPS) is 9.56. The smallest absolute Gasteiger partial charge is 0.335 e. The van der Waals surface area contributed by atoms with Crippen molar-refractivity contribution >= 4 is 11.7 Å². The molecule has 0 saturated heterocycles. The van der Waals surface area contributed by atoms with Crippen LogP contribution in [0.1, 0.15) is 10.4 Å². The first-order chi connectivity index (χ1) is 8.42. The summed E-state index contributed by atoms with van der Waals surface area (Å²) in [5, 5.41) is 42.6. The van der Waals surface area contributed by atoms with E-state index < -0.39 is 17.0 Å². The van der Waals surface area contributed by atoms with Crippen LogP contribution < -0.4 is 0 Å². The first-order valence-electron chi connectivity index (χ1n) is 4.80. The summed E-state index contributed by atoms with van der Waals surface area (Å²) >= 11 is 0. The van der Waals surface area contributed by atoms with Gasteiger partial charge in [-0.1, -0.05) is 0 Å². The van der Waals surface area contributed by atoms with Gasteiger partial charge < -0.3 is 20.4 Å². The van der Waals surface area contributed by atoms with Crippen molar-refractivity contribution in [2.24, 2.45) is 0 Å². The van der Waals surface area contributed by atoms with Gasteiger partial charge in [0.05, 0.1) is 23.7 Å². The van der Waals surface area contributed by atoms with Crippen LogP contribution >= 0.6 is 0 Å². The van der Waals surface area contributed by atoms with E-state index >= 15 is 0 Å². The molecular formula is C10H13NO7. The predicted molar refractivity (Wildman–Crippen MR) is 60.2 cm³/mol. The van der Waals surface area contributed by atoms with Crippen molar-refractivity contribution in [1.82, 2.24) is 0 Å². The van der Waals surface area contributed by atoms with Crippen molar-refractivity contribution in [1.29, 1.82) is 0 Å². The van der Waals surface area contributed by atoms with Crippen molar-refractivity contribution < 1.29 is 30.1 Å². The van der Waals surface area contributed by atoms with Crippen molar-refractivity contribution in [3.05, 3.63) is 39.9 Å². The zero-order valence-corrected chi connectivity index (χ0v) is 9.26. The number of non-ortho nitro benzene ring substituents is 1. The molecule has 0 saturated carbocycles.